The number of hydrogen-bond donors (Lipinski definition) is 2. The van der Waals surface area contributed by atoms with E-state index in [-0.39, 0.29) is 18.4 Å². The first kappa shape index (κ1) is 16.5. The summed E-state index contributed by atoms with van der Waals surface area (Å²) in [6.45, 7) is 4.82. The first-order valence-electron chi connectivity index (χ1n) is 8.17. The highest BCUT2D eigenvalue weighted by Gasteiger charge is 2.34. The van der Waals surface area contributed by atoms with Gasteiger partial charge in [-0.15, -0.1) is 0 Å². The van der Waals surface area contributed by atoms with Gasteiger partial charge in [0.1, 0.15) is 5.75 Å². The highest BCUT2D eigenvalue weighted by atomic mass is 16.5. The summed E-state index contributed by atoms with van der Waals surface area (Å²) in [4.78, 5) is 14.0. The predicted molar refractivity (Wildman–Crippen MR) is 89.8 cm³/mol. The van der Waals surface area contributed by atoms with Crippen molar-refractivity contribution < 1.29 is 14.6 Å². The first-order valence-corrected chi connectivity index (χ1v) is 8.17. The highest BCUT2D eigenvalue weighted by molar-refractivity contribution is 5.78. The SMILES string of the molecule is Cc1ccc(OCC(=O)N2C[C@@H](Cc3cc(C)[nH]n3)[C@H](O)C2)cc1. The van der Waals surface area contributed by atoms with Crippen LogP contribution < -0.4 is 4.74 Å². The van der Waals surface area contributed by atoms with Crippen molar-refractivity contribution in [3.63, 3.8) is 0 Å². The van der Waals surface area contributed by atoms with Gasteiger partial charge in [-0.2, -0.15) is 5.10 Å². The molecule has 0 saturated carbocycles. The van der Waals surface area contributed by atoms with E-state index in [9.17, 15) is 9.90 Å². The Bertz CT molecular complexity index is 696. The number of β-amino-alcohol motifs (C(OH)–C–C–N with tert-alkyl or cyclic N) is 1. The van der Waals surface area contributed by atoms with Crippen LogP contribution >= 0.6 is 0 Å². The molecule has 0 bridgehead atoms. The molecule has 0 aliphatic carbocycles. The Morgan fingerprint density at radius 1 is 1.33 bits per heavy atom. The van der Waals surface area contributed by atoms with Crippen molar-refractivity contribution in [2.75, 3.05) is 19.7 Å². The number of aromatic nitrogens is 2. The van der Waals surface area contributed by atoms with Gasteiger partial charge in [-0.25, -0.2) is 0 Å². The molecule has 2 aromatic rings. The summed E-state index contributed by atoms with van der Waals surface area (Å²) in [5.41, 5.74) is 3.06. The second kappa shape index (κ2) is 7.05. The van der Waals surface area contributed by atoms with Crippen molar-refractivity contribution in [3.05, 3.63) is 47.3 Å². The molecule has 1 aliphatic rings. The standard InChI is InChI=1S/C18H23N3O3/c1-12-3-5-16(6-4-12)24-11-18(23)21-9-14(17(22)10-21)8-15-7-13(2)19-20-15/h3-7,14,17,22H,8-11H2,1-2H3,(H,19,20)/t14-,17-/m1/s1. The number of rotatable bonds is 5. The molecule has 1 aromatic carbocycles. The van der Waals surface area contributed by atoms with Crippen LogP contribution in [0, 0.1) is 19.8 Å². The van der Waals surface area contributed by atoms with E-state index in [2.05, 4.69) is 10.2 Å². The van der Waals surface area contributed by atoms with Gasteiger partial charge in [0, 0.05) is 24.7 Å². The Hall–Kier alpha value is -2.34. The number of aliphatic hydroxyl groups is 1. The maximum Gasteiger partial charge on any atom is 0.260 e. The van der Waals surface area contributed by atoms with Gasteiger partial charge >= 0.3 is 0 Å². The number of H-pyrrole nitrogens is 1. The van der Waals surface area contributed by atoms with Crippen LogP contribution in [0.4, 0.5) is 0 Å². The van der Waals surface area contributed by atoms with Crippen LogP contribution in [0.1, 0.15) is 17.0 Å². The number of likely N-dealkylation sites (tertiary alicyclic amines) is 1. The molecule has 0 radical (unpaired) electrons. The minimum Gasteiger partial charge on any atom is -0.484 e. The lowest BCUT2D eigenvalue weighted by atomic mass is 10.0. The molecule has 1 amide bonds. The summed E-state index contributed by atoms with van der Waals surface area (Å²) in [7, 11) is 0. The molecular formula is C18H23N3O3. The van der Waals surface area contributed by atoms with Gasteiger partial charge in [-0.3, -0.25) is 9.89 Å². The van der Waals surface area contributed by atoms with Gasteiger partial charge < -0.3 is 14.7 Å². The second-order valence-electron chi connectivity index (χ2n) is 6.47. The van der Waals surface area contributed by atoms with Crippen LogP contribution in [0.5, 0.6) is 5.75 Å². The Morgan fingerprint density at radius 2 is 2.08 bits per heavy atom. The Balaban J connectivity index is 1.51. The molecule has 3 rings (SSSR count). The highest BCUT2D eigenvalue weighted by Crippen LogP contribution is 2.21. The molecular weight excluding hydrogens is 306 g/mol. The van der Waals surface area contributed by atoms with Crippen LogP contribution in [0.3, 0.4) is 0 Å². The molecule has 6 heteroatoms. The van der Waals surface area contributed by atoms with Gasteiger partial charge in [-0.05, 0) is 38.5 Å². The van der Waals surface area contributed by atoms with Gasteiger partial charge in [0.25, 0.3) is 5.91 Å². The van der Waals surface area contributed by atoms with Gasteiger partial charge in [0.15, 0.2) is 6.61 Å². The molecule has 2 N–H and O–H groups in total. The summed E-state index contributed by atoms with van der Waals surface area (Å²) in [5, 5.41) is 17.3. The predicted octanol–water partition coefficient (Wildman–Crippen LogP) is 1.47. The van der Waals surface area contributed by atoms with Crippen molar-refractivity contribution in [1.29, 1.82) is 0 Å². The van der Waals surface area contributed by atoms with Crippen LogP contribution in [0.2, 0.25) is 0 Å². The van der Waals surface area contributed by atoms with Gasteiger partial charge in [0.05, 0.1) is 11.8 Å². The van der Waals surface area contributed by atoms with Crippen LogP contribution in [0.25, 0.3) is 0 Å². The lowest BCUT2D eigenvalue weighted by Gasteiger charge is -2.16. The van der Waals surface area contributed by atoms with Crippen LogP contribution in [-0.2, 0) is 11.2 Å². The average Bonchev–Trinajstić information content (AvgIpc) is 3.13. The normalized spacial score (nSPS) is 20.4. The fraction of sp³-hybridized carbons (Fsp3) is 0.444. The van der Waals surface area contributed by atoms with E-state index < -0.39 is 6.10 Å². The number of carbonyl (C=O) groups is 1. The molecule has 6 nitrogen and oxygen atoms in total. The molecule has 24 heavy (non-hydrogen) atoms. The van der Waals surface area contributed by atoms with Gasteiger partial charge in [-0.1, -0.05) is 17.7 Å². The summed E-state index contributed by atoms with van der Waals surface area (Å²) in [6.07, 6.45) is 0.138. The molecule has 1 aromatic heterocycles. The van der Waals surface area contributed by atoms with Crippen molar-refractivity contribution in [3.8, 4) is 5.75 Å². The van der Waals surface area contributed by atoms with Crippen molar-refractivity contribution in [1.82, 2.24) is 15.1 Å². The summed E-state index contributed by atoms with van der Waals surface area (Å²) in [6, 6.07) is 9.56. The lowest BCUT2D eigenvalue weighted by Crippen LogP contribution is -2.33. The third kappa shape index (κ3) is 3.94. The second-order valence-corrected chi connectivity index (χ2v) is 6.47. The lowest BCUT2D eigenvalue weighted by molar-refractivity contribution is -0.132. The number of aryl methyl sites for hydroxylation is 2. The molecule has 0 unspecified atom stereocenters. The van der Waals surface area contributed by atoms with Crippen molar-refractivity contribution in [2.45, 2.75) is 26.4 Å². The monoisotopic (exact) mass is 329 g/mol. The third-order valence-corrected chi connectivity index (χ3v) is 4.37. The topological polar surface area (TPSA) is 78.5 Å². The zero-order valence-corrected chi connectivity index (χ0v) is 14.0. The number of aliphatic hydroxyl groups excluding tert-OH is 1. The third-order valence-electron chi connectivity index (χ3n) is 4.37. The van der Waals surface area contributed by atoms with Gasteiger partial charge in [0.2, 0.25) is 0 Å². The number of amides is 1. The van der Waals surface area contributed by atoms with Crippen LogP contribution in [-0.4, -0.2) is 51.9 Å². The van der Waals surface area contributed by atoms with E-state index in [1.54, 1.807) is 4.90 Å². The molecule has 1 saturated heterocycles. The zero-order valence-electron chi connectivity index (χ0n) is 14.0. The number of nitrogens with one attached hydrogen (secondary N) is 1. The van der Waals surface area contributed by atoms with E-state index in [1.165, 1.54) is 0 Å². The van der Waals surface area contributed by atoms with Crippen molar-refractivity contribution >= 4 is 5.91 Å². The van der Waals surface area contributed by atoms with Crippen LogP contribution in [0.15, 0.2) is 30.3 Å². The number of nitrogens with zero attached hydrogens (tertiary/aromatic N) is 2. The van der Waals surface area contributed by atoms with E-state index >= 15 is 0 Å². The van der Waals surface area contributed by atoms with E-state index in [1.807, 2.05) is 44.2 Å². The molecule has 128 valence electrons. The largest absolute Gasteiger partial charge is 0.484 e. The summed E-state index contributed by atoms with van der Waals surface area (Å²) in [5.74, 6) is 0.587. The molecule has 2 heterocycles. The van der Waals surface area contributed by atoms with Crippen molar-refractivity contribution in [2.24, 2.45) is 5.92 Å². The van der Waals surface area contributed by atoms with E-state index in [0.717, 1.165) is 17.0 Å². The average molecular weight is 329 g/mol. The van der Waals surface area contributed by atoms with E-state index in [0.29, 0.717) is 25.3 Å². The summed E-state index contributed by atoms with van der Waals surface area (Å²) < 4.78 is 5.54. The minimum absolute atomic E-state index is 0.00991. The smallest absolute Gasteiger partial charge is 0.260 e. The molecule has 1 aliphatic heterocycles. The number of hydrogen-bond acceptors (Lipinski definition) is 4. The Kier molecular flexibility index (Phi) is 4.85. The fourth-order valence-corrected chi connectivity index (χ4v) is 2.98. The number of carbonyl (C=O) groups excluding carboxylic acids is 1. The minimum atomic E-state index is -0.523. The first-order chi connectivity index (χ1) is 11.5. The molecule has 0 spiro atoms. The zero-order chi connectivity index (χ0) is 17.1. The number of ether oxygens (including phenoxy) is 1. The molecule has 2 atom stereocenters. The molecule has 1 fully saturated rings. The number of benzene rings is 1. The Labute approximate surface area is 141 Å². The fourth-order valence-electron chi connectivity index (χ4n) is 2.98. The summed E-state index contributed by atoms with van der Waals surface area (Å²) >= 11 is 0. The quantitative estimate of drug-likeness (QED) is 0.871. The maximum absolute atomic E-state index is 12.3. The maximum atomic E-state index is 12.3. The number of aromatic amines is 1. The van der Waals surface area contributed by atoms with E-state index in [4.69, 9.17) is 4.74 Å². The Morgan fingerprint density at radius 3 is 2.75 bits per heavy atom.